The van der Waals surface area contributed by atoms with Gasteiger partial charge in [-0.25, -0.2) is 0 Å². The van der Waals surface area contributed by atoms with Crippen molar-refractivity contribution in [2.75, 3.05) is 33.3 Å². The third-order valence-electron chi connectivity index (χ3n) is 5.33. The molecule has 31 heavy (non-hydrogen) atoms. The zero-order valence-corrected chi connectivity index (χ0v) is 18.2. The summed E-state index contributed by atoms with van der Waals surface area (Å²) in [5.74, 6) is 1.06. The van der Waals surface area contributed by atoms with Crippen molar-refractivity contribution in [2.24, 2.45) is 0 Å². The van der Waals surface area contributed by atoms with Gasteiger partial charge in [0.1, 0.15) is 11.5 Å². The fourth-order valence-electron chi connectivity index (χ4n) is 3.55. The Morgan fingerprint density at radius 3 is 2.26 bits per heavy atom. The minimum Gasteiger partial charge on any atom is -0.497 e. The number of ketones is 1. The maximum atomic E-state index is 12.8. The highest BCUT2D eigenvalue weighted by Crippen LogP contribution is 2.17. The van der Waals surface area contributed by atoms with Gasteiger partial charge in [-0.15, -0.1) is 0 Å². The van der Waals surface area contributed by atoms with Crippen molar-refractivity contribution in [3.63, 3.8) is 0 Å². The number of carbonyl (C=O) groups excluding carboxylic acids is 3. The van der Waals surface area contributed by atoms with Gasteiger partial charge in [0.25, 0.3) is 5.91 Å². The van der Waals surface area contributed by atoms with Crippen molar-refractivity contribution >= 4 is 17.6 Å². The van der Waals surface area contributed by atoms with Crippen LogP contribution in [0.1, 0.15) is 29.8 Å². The van der Waals surface area contributed by atoms with Crippen molar-refractivity contribution in [1.29, 1.82) is 0 Å². The number of Topliss-reactive ketones (excluding diaryl/α,β-unsaturated/α-hetero) is 1. The Labute approximate surface area is 182 Å². The standard InChI is InChI=1S/C24H28N2O5/c1-17(27)20-7-5-9-22(16-20)31-18(2)24(29)26-12-10-25(11-13-26)23(28)15-19-6-4-8-21(14-19)30-3/h4-9,14,16,18H,10-13,15H2,1-3H3. The molecule has 0 radical (unpaired) electrons. The Morgan fingerprint density at radius 1 is 0.935 bits per heavy atom. The zero-order chi connectivity index (χ0) is 22.4. The van der Waals surface area contributed by atoms with Gasteiger partial charge in [0, 0.05) is 31.7 Å². The molecule has 0 aliphatic carbocycles. The van der Waals surface area contributed by atoms with Gasteiger partial charge in [-0.05, 0) is 43.7 Å². The maximum Gasteiger partial charge on any atom is 0.263 e. The zero-order valence-electron chi connectivity index (χ0n) is 18.2. The fourth-order valence-corrected chi connectivity index (χ4v) is 3.55. The average Bonchev–Trinajstić information content (AvgIpc) is 2.79. The molecule has 1 aliphatic rings. The van der Waals surface area contributed by atoms with Gasteiger partial charge in [0.05, 0.1) is 13.5 Å². The molecule has 164 valence electrons. The van der Waals surface area contributed by atoms with Crippen LogP contribution < -0.4 is 9.47 Å². The van der Waals surface area contributed by atoms with Crippen LogP contribution in [-0.4, -0.2) is 66.8 Å². The molecule has 0 saturated carbocycles. The van der Waals surface area contributed by atoms with Crippen LogP contribution in [-0.2, 0) is 16.0 Å². The largest absolute Gasteiger partial charge is 0.497 e. The van der Waals surface area contributed by atoms with E-state index in [0.717, 1.165) is 11.3 Å². The van der Waals surface area contributed by atoms with Crippen molar-refractivity contribution in [3.05, 3.63) is 59.7 Å². The number of hydrogen-bond donors (Lipinski definition) is 0. The van der Waals surface area contributed by atoms with Crippen LogP contribution >= 0.6 is 0 Å². The number of piperazine rings is 1. The highest BCUT2D eigenvalue weighted by Gasteiger charge is 2.28. The molecule has 0 aromatic heterocycles. The molecule has 2 amide bonds. The number of nitrogens with zero attached hydrogens (tertiary/aromatic N) is 2. The molecule has 2 aromatic carbocycles. The predicted octanol–water partition coefficient (Wildman–Crippen LogP) is 2.58. The summed E-state index contributed by atoms with van der Waals surface area (Å²) in [5.41, 5.74) is 1.44. The van der Waals surface area contributed by atoms with Gasteiger partial charge in [0.15, 0.2) is 11.9 Å². The molecule has 2 aromatic rings. The van der Waals surface area contributed by atoms with Crippen molar-refractivity contribution < 1.29 is 23.9 Å². The van der Waals surface area contributed by atoms with Gasteiger partial charge in [-0.2, -0.15) is 0 Å². The summed E-state index contributed by atoms with van der Waals surface area (Å²) in [6.07, 6.45) is -0.377. The van der Waals surface area contributed by atoms with E-state index < -0.39 is 6.10 Å². The molecule has 0 bridgehead atoms. The first-order valence-electron chi connectivity index (χ1n) is 10.3. The highest BCUT2D eigenvalue weighted by molar-refractivity contribution is 5.94. The van der Waals surface area contributed by atoms with Crippen molar-refractivity contribution in [3.8, 4) is 11.5 Å². The van der Waals surface area contributed by atoms with E-state index in [1.807, 2.05) is 24.3 Å². The molecule has 3 rings (SSSR count). The minimum absolute atomic E-state index is 0.0331. The molecule has 1 atom stereocenters. The van der Waals surface area contributed by atoms with Gasteiger partial charge >= 0.3 is 0 Å². The molecule has 1 fully saturated rings. The lowest BCUT2D eigenvalue weighted by Gasteiger charge is -2.36. The molecule has 1 saturated heterocycles. The number of rotatable bonds is 7. The fraction of sp³-hybridized carbons (Fsp3) is 0.375. The molecule has 1 aliphatic heterocycles. The monoisotopic (exact) mass is 424 g/mol. The first-order chi connectivity index (χ1) is 14.9. The van der Waals surface area contributed by atoms with Crippen LogP contribution in [0.5, 0.6) is 11.5 Å². The first kappa shape index (κ1) is 22.3. The second-order valence-electron chi connectivity index (χ2n) is 7.58. The van der Waals surface area contributed by atoms with Crippen molar-refractivity contribution in [1.82, 2.24) is 9.80 Å². The summed E-state index contributed by atoms with van der Waals surface area (Å²) >= 11 is 0. The van der Waals surface area contributed by atoms with Crippen molar-refractivity contribution in [2.45, 2.75) is 26.4 Å². The minimum atomic E-state index is -0.679. The summed E-state index contributed by atoms with van der Waals surface area (Å²) in [6, 6.07) is 14.3. The summed E-state index contributed by atoms with van der Waals surface area (Å²) in [7, 11) is 1.60. The number of carbonyl (C=O) groups is 3. The Hall–Kier alpha value is -3.35. The highest BCUT2D eigenvalue weighted by atomic mass is 16.5. The second kappa shape index (κ2) is 10.1. The summed E-state index contributed by atoms with van der Waals surface area (Å²) in [6.45, 7) is 5.09. The predicted molar refractivity (Wildman–Crippen MR) is 116 cm³/mol. The SMILES string of the molecule is COc1cccc(CC(=O)N2CCN(C(=O)C(C)Oc3cccc(C(C)=O)c3)CC2)c1. The Morgan fingerprint density at radius 2 is 1.58 bits per heavy atom. The van der Waals surface area contributed by atoms with E-state index in [4.69, 9.17) is 9.47 Å². The van der Waals surface area contributed by atoms with E-state index >= 15 is 0 Å². The quantitative estimate of drug-likeness (QED) is 0.639. The van der Waals surface area contributed by atoms with Crippen LogP contribution in [0, 0.1) is 0 Å². The lowest BCUT2D eigenvalue weighted by Crippen LogP contribution is -2.53. The smallest absolute Gasteiger partial charge is 0.263 e. The van der Waals surface area contributed by atoms with E-state index in [2.05, 4.69) is 0 Å². The lowest BCUT2D eigenvalue weighted by atomic mass is 10.1. The molecule has 7 heteroatoms. The Kier molecular flexibility index (Phi) is 7.28. The lowest BCUT2D eigenvalue weighted by molar-refractivity contribution is -0.143. The number of hydrogen-bond acceptors (Lipinski definition) is 5. The summed E-state index contributed by atoms with van der Waals surface area (Å²) in [5, 5.41) is 0. The van der Waals surface area contributed by atoms with Gasteiger partial charge in [0.2, 0.25) is 5.91 Å². The molecule has 1 unspecified atom stereocenters. The molecule has 7 nitrogen and oxygen atoms in total. The van der Waals surface area contributed by atoms with Gasteiger partial charge in [-0.1, -0.05) is 24.3 Å². The summed E-state index contributed by atoms with van der Waals surface area (Å²) < 4.78 is 11.0. The third kappa shape index (κ3) is 5.84. The molecule has 1 heterocycles. The van der Waals surface area contributed by atoms with Crippen LogP contribution in [0.15, 0.2) is 48.5 Å². The van der Waals surface area contributed by atoms with E-state index in [1.165, 1.54) is 6.92 Å². The van der Waals surface area contributed by atoms with Crippen LogP contribution in [0.2, 0.25) is 0 Å². The Balaban J connectivity index is 1.51. The first-order valence-corrected chi connectivity index (χ1v) is 10.3. The molecular weight excluding hydrogens is 396 g/mol. The topological polar surface area (TPSA) is 76.2 Å². The number of ether oxygens (including phenoxy) is 2. The third-order valence-corrected chi connectivity index (χ3v) is 5.33. The van der Waals surface area contributed by atoms with Gasteiger partial charge < -0.3 is 19.3 Å². The maximum absolute atomic E-state index is 12.8. The number of amides is 2. The summed E-state index contributed by atoms with van der Waals surface area (Å²) in [4.78, 5) is 40.4. The Bertz CT molecular complexity index is 950. The van der Waals surface area contributed by atoms with Crippen LogP contribution in [0.25, 0.3) is 0 Å². The van der Waals surface area contributed by atoms with Crippen LogP contribution in [0.4, 0.5) is 0 Å². The van der Waals surface area contributed by atoms with Crippen LogP contribution in [0.3, 0.4) is 0 Å². The number of methoxy groups -OCH3 is 1. The molecule has 0 spiro atoms. The normalized spacial score (nSPS) is 14.7. The number of benzene rings is 2. The van der Waals surface area contributed by atoms with E-state index in [0.29, 0.717) is 43.9 Å². The molecule has 0 N–H and O–H groups in total. The van der Waals surface area contributed by atoms with E-state index in [-0.39, 0.29) is 17.6 Å². The van der Waals surface area contributed by atoms with Gasteiger partial charge in [-0.3, -0.25) is 14.4 Å². The average molecular weight is 424 g/mol. The molecular formula is C24H28N2O5. The second-order valence-corrected chi connectivity index (χ2v) is 7.58. The van der Waals surface area contributed by atoms with E-state index in [1.54, 1.807) is 48.1 Å². The van der Waals surface area contributed by atoms with E-state index in [9.17, 15) is 14.4 Å².